The molecule has 1 saturated heterocycles. The van der Waals surface area contributed by atoms with Crippen LogP contribution in [-0.2, 0) is 9.53 Å². The number of unbranched alkanes of at least 4 members (excludes halogenated alkanes) is 1. The number of hydrogen-bond acceptors (Lipinski definition) is 6. The summed E-state index contributed by atoms with van der Waals surface area (Å²) in [6.45, 7) is 9.01. The Morgan fingerprint density at radius 2 is 1.57 bits per heavy atom. The molecule has 0 saturated carbocycles. The molecular weight excluding hydrogens is 625 g/mol. The largest absolute Gasteiger partial charge is 1.00 e. The number of nitrogens with zero attached hydrogens (tertiary/aromatic N) is 3. The number of amides is 1. The Morgan fingerprint density at radius 3 is 2.20 bits per heavy atom. The molecule has 0 radical (unpaired) electrons. The van der Waals surface area contributed by atoms with Gasteiger partial charge in [-0.25, -0.2) is 9.78 Å². The second-order valence-corrected chi connectivity index (χ2v) is 10.6. The Hall–Kier alpha value is -3.63. The number of Topliss-reactive ketones (excluding diaryl/α,β-unsaturated/α-hetero) is 1. The Labute approximate surface area is 284 Å². The monoisotopic (exact) mass is 671 g/mol. The fourth-order valence-electron chi connectivity index (χ4n) is 5.05. The topological polar surface area (TPSA) is 122 Å². The first-order chi connectivity index (χ1) is 21.4. The van der Waals surface area contributed by atoms with E-state index >= 15 is 0 Å². The lowest BCUT2D eigenvalue weighted by molar-refractivity contribution is -0.376. The predicted molar refractivity (Wildman–Crippen MR) is 173 cm³/mol. The number of H-pyrrole nitrogens is 1. The SMILES string of the molecule is CCN(CC)CN1CCCCC1=O.COC(=O)c1cncc2ccccc12.[Cl-].[Cl-].[NH3+]CCCCC(=O)c1c[nH+]cc2ccccc12. The first kappa shape index (κ1) is 40.4. The lowest BCUT2D eigenvalue weighted by Crippen LogP contribution is -3.00. The summed E-state index contributed by atoms with van der Waals surface area (Å²) >= 11 is 0. The van der Waals surface area contributed by atoms with Crippen LogP contribution in [0.5, 0.6) is 0 Å². The number of carbonyl (C=O) groups excluding carboxylic acids is 3. The molecule has 0 atom stereocenters. The maximum Gasteiger partial charge on any atom is 0.340 e. The van der Waals surface area contributed by atoms with Crippen molar-refractivity contribution in [3.8, 4) is 0 Å². The number of methoxy groups -OCH3 is 1. The van der Waals surface area contributed by atoms with Crippen LogP contribution in [0.4, 0.5) is 0 Å². The van der Waals surface area contributed by atoms with Crippen molar-refractivity contribution in [1.29, 1.82) is 0 Å². The van der Waals surface area contributed by atoms with Crippen LogP contribution in [0.25, 0.3) is 21.5 Å². The van der Waals surface area contributed by atoms with Gasteiger partial charge in [-0.2, -0.15) is 0 Å². The number of rotatable bonds is 10. The van der Waals surface area contributed by atoms with Crippen molar-refractivity contribution in [3.05, 3.63) is 84.4 Å². The highest BCUT2D eigenvalue weighted by atomic mass is 35.5. The van der Waals surface area contributed by atoms with Crippen LogP contribution in [0.15, 0.2) is 73.3 Å². The quantitative estimate of drug-likeness (QED) is 0.126. The molecule has 46 heavy (non-hydrogen) atoms. The van der Waals surface area contributed by atoms with E-state index in [1.165, 1.54) is 19.7 Å². The molecule has 5 rings (SSSR count). The lowest BCUT2D eigenvalue weighted by Gasteiger charge is -2.31. The number of ketones is 1. The highest BCUT2D eigenvalue weighted by molar-refractivity contribution is 6.07. The van der Waals surface area contributed by atoms with Gasteiger partial charge in [0.15, 0.2) is 18.2 Å². The van der Waals surface area contributed by atoms with E-state index in [9.17, 15) is 14.4 Å². The van der Waals surface area contributed by atoms with Gasteiger partial charge in [0.05, 0.1) is 31.5 Å². The van der Waals surface area contributed by atoms with Gasteiger partial charge in [-0.1, -0.05) is 56.3 Å². The summed E-state index contributed by atoms with van der Waals surface area (Å²) in [7, 11) is 1.37. The Morgan fingerprint density at radius 1 is 0.913 bits per heavy atom. The molecule has 2 aromatic carbocycles. The van der Waals surface area contributed by atoms with Crippen molar-refractivity contribution in [3.63, 3.8) is 0 Å². The zero-order valence-electron chi connectivity index (χ0n) is 27.1. The van der Waals surface area contributed by atoms with Crippen molar-refractivity contribution in [2.75, 3.05) is 40.0 Å². The second-order valence-electron chi connectivity index (χ2n) is 10.6. The molecule has 0 aliphatic carbocycles. The van der Waals surface area contributed by atoms with Gasteiger partial charge < -0.3 is 40.2 Å². The number of carbonyl (C=O) groups is 3. The average Bonchev–Trinajstić information content (AvgIpc) is 3.07. The van der Waals surface area contributed by atoms with E-state index in [0.29, 0.717) is 17.9 Å². The Bertz CT molecular complexity index is 1510. The minimum atomic E-state index is -0.353. The van der Waals surface area contributed by atoms with Crippen molar-refractivity contribution in [1.82, 2.24) is 14.8 Å². The van der Waals surface area contributed by atoms with Crippen molar-refractivity contribution in [2.45, 2.75) is 52.4 Å². The number of pyridine rings is 2. The lowest BCUT2D eigenvalue weighted by atomic mass is 10.0. The number of ether oxygens (including phenoxy) is 1. The third-order valence-corrected chi connectivity index (χ3v) is 7.68. The molecule has 4 aromatic rings. The van der Waals surface area contributed by atoms with Gasteiger partial charge >= 0.3 is 5.97 Å². The molecule has 1 amide bonds. The van der Waals surface area contributed by atoms with Crippen molar-refractivity contribution in [2.24, 2.45) is 0 Å². The maximum atomic E-state index is 12.1. The third kappa shape index (κ3) is 11.9. The van der Waals surface area contributed by atoms with E-state index in [1.54, 1.807) is 12.4 Å². The highest BCUT2D eigenvalue weighted by Crippen LogP contribution is 2.19. The number of aromatic nitrogens is 2. The van der Waals surface area contributed by atoms with Crippen LogP contribution in [0.2, 0.25) is 0 Å². The van der Waals surface area contributed by atoms with Gasteiger partial charge in [0.1, 0.15) is 0 Å². The first-order valence-electron chi connectivity index (χ1n) is 15.6. The smallest absolute Gasteiger partial charge is 0.340 e. The van der Waals surface area contributed by atoms with Crippen LogP contribution >= 0.6 is 0 Å². The molecular formula is C35H47Cl2N5O4. The predicted octanol–water partition coefficient (Wildman–Crippen LogP) is -1.42. The third-order valence-electron chi connectivity index (χ3n) is 7.68. The zero-order valence-corrected chi connectivity index (χ0v) is 28.7. The number of quaternary nitrogens is 1. The second kappa shape index (κ2) is 22.0. The summed E-state index contributed by atoms with van der Waals surface area (Å²) in [6, 6.07) is 15.5. The normalized spacial score (nSPS) is 12.2. The highest BCUT2D eigenvalue weighted by Gasteiger charge is 2.19. The van der Waals surface area contributed by atoms with Gasteiger partial charge in [0, 0.05) is 47.9 Å². The van der Waals surface area contributed by atoms with Gasteiger partial charge in [0.2, 0.25) is 5.91 Å². The summed E-state index contributed by atoms with van der Waals surface area (Å²) in [4.78, 5) is 46.2. The number of likely N-dealkylation sites (tertiary alicyclic amines) is 1. The van der Waals surface area contributed by atoms with Crippen LogP contribution < -0.4 is 35.5 Å². The summed E-state index contributed by atoms with van der Waals surface area (Å²) in [5.74, 6) is 0.193. The fraction of sp³-hybridized carbons (Fsp3) is 0.400. The molecule has 1 aliphatic rings. The summed E-state index contributed by atoms with van der Waals surface area (Å²) in [6.07, 6.45) is 12.5. The Balaban J connectivity index is 0.000000341. The van der Waals surface area contributed by atoms with Gasteiger partial charge in [-0.05, 0) is 50.2 Å². The van der Waals surface area contributed by atoms with Gasteiger partial charge in [0.25, 0.3) is 0 Å². The molecule has 9 nitrogen and oxygen atoms in total. The number of piperidine rings is 1. The standard InChI is InChI=1S/C14H16N2O.C11H9NO2.C10H20N2O.2ClH/c15-8-4-3-7-14(17)13-10-16-9-11-5-1-2-6-12(11)13;1-14-11(13)10-7-12-6-8-4-2-3-5-9(8)10;1-3-11(4-2)9-12-8-6-5-7-10(12)13;;/h1-2,5-6,9-10H,3-4,7-8,15H2;2-7H,1H3;3-9H2,1-2H3;2*1H. The maximum absolute atomic E-state index is 12.1. The van der Waals surface area contributed by atoms with E-state index in [0.717, 1.165) is 85.6 Å². The van der Waals surface area contributed by atoms with Crippen LogP contribution in [0.3, 0.4) is 0 Å². The number of benzene rings is 2. The molecule has 0 spiro atoms. The Kier molecular flexibility index (Phi) is 19.3. The minimum Gasteiger partial charge on any atom is -1.00 e. The number of fused-ring (bicyclic) bond motifs is 2. The summed E-state index contributed by atoms with van der Waals surface area (Å²) in [5, 5.41) is 3.92. The van der Waals surface area contributed by atoms with E-state index < -0.39 is 0 Å². The zero-order chi connectivity index (χ0) is 31.7. The van der Waals surface area contributed by atoms with Crippen molar-refractivity contribution < 1.29 is 54.7 Å². The number of esters is 1. The molecule has 1 aliphatic heterocycles. The summed E-state index contributed by atoms with van der Waals surface area (Å²) < 4.78 is 4.67. The van der Waals surface area contributed by atoms with E-state index in [4.69, 9.17) is 0 Å². The van der Waals surface area contributed by atoms with E-state index in [1.807, 2.05) is 59.6 Å². The number of nitrogens with one attached hydrogen (secondary N) is 1. The molecule has 0 bridgehead atoms. The van der Waals surface area contributed by atoms with Crippen LogP contribution in [-0.4, -0.2) is 72.4 Å². The van der Waals surface area contributed by atoms with Crippen molar-refractivity contribution >= 4 is 39.2 Å². The summed E-state index contributed by atoms with van der Waals surface area (Å²) in [5.41, 5.74) is 5.09. The number of hydrogen-bond donors (Lipinski definition) is 1. The minimum absolute atomic E-state index is 0. The molecule has 0 unspecified atom stereocenters. The fourth-order valence-corrected chi connectivity index (χ4v) is 5.05. The van der Waals surface area contributed by atoms with Gasteiger partial charge in [-0.15, -0.1) is 0 Å². The molecule has 2 aromatic heterocycles. The molecule has 1 fully saturated rings. The van der Waals surface area contributed by atoms with E-state index in [-0.39, 0.29) is 36.6 Å². The van der Waals surface area contributed by atoms with Crippen LogP contribution in [0.1, 0.15) is 73.1 Å². The molecule has 11 heteroatoms. The number of aromatic amines is 1. The molecule has 3 heterocycles. The van der Waals surface area contributed by atoms with Gasteiger partial charge in [-0.3, -0.25) is 19.5 Å². The number of halogens is 2. The van der Waals surface area contributed by atoms with Crippen LogP contribution in [0, 0.1) is 0 Å². The molecule has 4 N–H and O–H groups in total. The molecule has 250 valence electrons. The average molecular weight is 673 g/mol. The van der Waals surface area contributed by atoms with E-state index in [2.05, 4.69) is 39.2 Å². The first-order valence-corrected chi connectivity index (χ1v) is 15.6.